The van der Waals surface area contributed by atoms with E-state index in [0.29, 0.717) is 13.2 Å². The molecule has 0 radical (unpaired) electrons. The molecule has 3 aromatic carbocycles. The first-order chi connectivity index (χ1) is 19.1. The summed E-state index contributed by atoms with van der Waals surface area (Å²) in [4.78, 5) is 12.3. The van der Waals surface area contributed by atoms with E-state index in [4.69, 9.17) is 28.4 Å². The summed E-state index contributed by atoms with van der Waals surface area (Å²) < 4.78 is 37.0. The molecule has 206 valence electrons. The fraction of sp³-hybridized carbons (Fsp3) is 0.344. The highest BCUT2D eigenvalue weighted by molar-refractivity contribution is 5.66. The normalized spacial score (nSPS) is 22.7. The highest BCUT2D eigenvalue weighted by Gasteiger charge is 2.50. The minimum absolute atomic E-state index is 0.200. The van der Waals surface area contributed by atoms with E-state index in [1.807, 2.05) is 91.0 Å². The second kappa shape index (κ2) is 15.3. The lowest BCUT2D eigenvalue weighted by Crippen LogP contribution is -2.62. The number of carbonyl (C=O) groups excluding carboxylic acids is 1. The molecule has 0 aromatic heterocycles. The van der Waals surface area contributed by atoms with Gasteiger partial charge in [0.2, 0.25) is 0 Å². The Bertz CT molecular complexity index is 1120. The first-order valence-electron chi connectivity index (χ1n) is 13.1. The summed E-state index contributed by atoms with van der Waals surface area (Å²) in [6, 6.07) is 29.4. The minimum Gasteiger partial charge on any atom is -0.457 e. The van der Waals surface area contributed by atoms with E-state index in [-0.39, 0.29) is 19.8 Å². The van der Waals surface area contributed by atoms with Crippen molar-refractivity contribution < 1.29 is 33.2 Å². The van der Waals surface area contributed by atoms with Crippen LogP contribution in [0, 0.1) is 0 Å². The second-order valence-corrected chi connectivity index (χ2v) is 9.26. The molecule has 39 heavy (non-hydrogen) atoms. The molecule has 4 rings (SSSR count). The largest absolute Gasteiger partial charge is 0.457 e. The summed E-state index contributed by atoms with van der Waals surface area (Å²) >= 11 is 0. The second-order valence-electron chi connectivity index (χ2n) is 9.26. The molecular formula is C32H36O7. The average Bonchev–Trinajstić information content (AvgIpc) is 2.96. The van der Waals surface area contributed by atoms with Gasteiger partial charge in [-0.15, -0.1) is 6.58 Å². The lowest BCUT2D eigenvalue weighted by molar-refractivity contribution is -0.320. The van der Waals surface area contributed by atoms with Crippen molar-refractivity contribution >= 4 is 5.97 Å². The third-order valence-electron chi connectivity index (χ3n) is 6.24. The Morgan fingerprint density at radius 1 is 0.744 bits per heavy atom. The first-order valence-corrected chi connectivity index (χ1v) is 13.1. The van der Waals surface area contributed by atoms with Crippen molar-refractivity contribution in [2.45, 2.75) is 57.5 Å². The number of hydrogen-bond donors (Lipinski definition) is 0. The van der Waals surface area contributed by atoms with Gasteiger partial charge in [0, 0.05) is 6.92 Å². The molecule has 0 saturated carbocycles. The van der Waals surface area contributed by atoms with Crippen LogP contribution in [0.1, 0.15) is 23.6 Å². The summed E-state index contributed by atoms with van der Waals surface area (Å²) in [5, 5.41) is 0. The predicted octanol–water partition coefficient (Wildman–Crippen LogP) is 5.23. The standard InChI is InChI=1S/C32H36O7/c1-3-19-35-32-31(37-22-27-17-11-6-12-18-27)30(38-24(2)33)29(36-21-26-15-9-5-10-16-26)28(39-32)23-34-20-25-13-7-4-8-14-25/h3-18,28-32H,1,19-23H2,2H3/t28-,29-,30+,31+,32+/m1/s1. The van der Waals surface area contributed by atoms with E-state index in [1.165, 1.54) is 6.92 Å². The van der Waals surface area contributed by atoms with Gasteiger partial charge in [-0.05, 0) is 16.7 Å². The summed E-state index contributed by atoms with van der Waals surface area (Å²) in [6.45, 7) is 6.54. The molecule has 0 amide bonds. The van der Waals surface area contributed by atoms with E-state index in [9.17, 15) is 4.79 Å². The average molecular weight is 533 g/mol. The number of esters is 1. The van der Waals surface area contributed by atoms with Gasteiger partial charge in [0.05, 0.1) is 33.0 Å². The molecule has 0 aliphatic carbocycles. The van der Waals surface area contributed by atoms with Crippen molar-refractivity contribution in [2.24, 2.45) is 0 Å². The van der Waals surface area contributed by atoms with Crippen LogP contribution in [0.25, 0.3) is 0 Å². The molecule has 0 spiro atoms. The molecule has 0 unspecified atom stereocenters. The number of hydrogen-bond acceptors (Lipinski definition) is 7. The van der Waals surface area contributed by atoms with Crippen molar-refractivity contribution in [1.29, 1.82) is 0 Å². The summed E-state index contributed by atoms with van der Waals surface area (Å²) in [5.41, 5.74) is 2.99. The van der Waals surface area contributed by atoms with Crippen LogP contribution in [0.3, 0.4) is 0 Å². The van der Waals surface area contributed by atoms with E-state index in [1.54, 1.807) is 6.08 Å². The Morgan fingerprint density at radius 2 is 1.26 bits per heavy atom. The van der Waals surface area contributed by atoms with Crippen LogP contribution in [-0.2, 0) is 53.0 Å². The van der Waals surface area contributed by atoms with Crippen molar-refractivity contribution in [1.82, 2.24) is 0 Å². The third kappa shape index (κ3) is 8.85. The quantitative estimate of drug-likeness (QED) is 0.208. The van der Waals surface area contributed by atoms with Gasteiger partial charge >= 0.3 is 5.97 Å². The predicted molar refractivity (Wildman–Crippen MR) is 146 cm³/mol. The monoisotopic (exact) mass is 532 g/mol. The Hall–Kier alpha value is -3.33. The Morgan fingerprint density at radius 3 is 1.77 bits per heavy atom. The SMILES string of the molecule is C=CCO[C@H]1O[C@H](COCc2ccccc2)[C@@H](OCc2ccccc2)[C@H](OC(C)=O)[C@@H]1OCc1ccccc1. The van der Waals surface area contributed by atoms with Crippen LogP contribution >= 0.6 is 0 Å². The van der Waals surface area contributed by atoms with Crippen LogP contribution in [0.2, 0.25) is 0 Å². The van der Waals surface area contributed by atoms with Crippen LogP contribution in [0.5, 0.6) is 0 Å². The molecule has 3 aromatic rings. The van der Waals surface area contributed by atoms with Gasteiger partial charge in [0.15, 0.2) is 12.4 Å². The molecule has 1 heterocycles. The van der Waals surface area contributed by atoms with Gasteiger partial charge in [-0.2, -0.15) is 0 Å². The molecule has 1 fully saturated rings. The highest BCUT2D eigenvalue weighted by Crippen LogP contribution is 2.31. The Labute approximate surface area is 230 Å². The molecule has 7 heteroatoms. The van der Waals surface area contributed by atoms with E-state index < -0.39 is 36.7 Å². The van der Waals surface area contributed by atoms with E-state index in [0.717, 1.165) is 16.7 Å². The van der Waals surface area contributed by atoms with Crippen LogP contribution in [0.4, 0.5) is 0 Å². The number of rotatable bonds is 14. The molecular weight excluding hydrogens is 496 g/mol. The zero-order valence-electron chi connectivity index (χ0n) is 22.2. The molecule has 0 bridgehead atoms. The van der Waals surface area contributed by atoms with Crippen molar-refractivity contribution in [3.8, 4) is 0 Å². The maximum atomic E-state index is 12.3. The molecule has 0 N–H and O–H groups in total. The van der Waals surface area contributed by atoms with Crippen molar-refractivity contribution in [3.05, 3.63) is 120 Å². The van der Waals surface area contributed by atoms with Gasteiger partial charge in [0.25, 0.3) is 0 Å². The van der Waals surface area contributed by atoms with E-state index in [2.05, 4.69) is 6.58 Å². The molecule has 1 aliphatic heterocycles. The third-order valence-corrected chi connectivity index (χ3v) is 6.24. The highest BCUT2D eigenvalue weighted by atomic mass is 16.7. The molecule has 5 atom stereocenters. The summed E-state index contributed by atoms with van der Waals surface area (Å²) in [6.07, 6.45) is -2.01. The van der Waals surface area contributed by atoms with Gasteiger partial charge in [0.1, 0.15) is 18.3 Å². The lowest BCUT2D eigenvalue weighted by Gasteiger charge is -2.45. The number of ether oxygens (including phenoxy) is 6. The lowest BCUT2D eigenvalue weighted by atomic mass is 9.98. The Kier molecular flexibility index (Phi) is 11.3. The topological polar surface area (TPSA) is 72.5 Å². The Balaban J connectivity index is 1.57. The maximum Gasteiger partial charge on any atom is 0.303 e. The molecule has 1 saturated heterocycles. The fourth-order valence-electron chi connectivity index (χ4n) is 4.41. The maximum absolute atomic E-state index is 12.3. The summed E-state index contributed by atoms with van der Waals surface area (Å²) in [7, 11) is 0. The summed E-state index contributed by atoms with van der Waals surface area (Å²) in [5.74, 6) is -0.449. The van der Waals surface area contributed by atoms with Crippen LogP contribution < -0.4 is 0 Å². The number of benzene rings is 3. The van der Waals surface area contributed by atoms with Gasteiger partial charge in [-0.3, -0.25) is 4.79 Å². The smallest absolute Gasteiger partial charge is 0.303 e. The molecule has 1 aliphatic rings. The van der Waals surface area contributed by atoms with Gasteiger partial charge in [-0.1, -0.05) is 97.1 Å². The fourth-order valence-corrected chi connectivity index (χ4v) is 4.41. The minimum atomic E-state index is -0.835. The molecule has 7 nitrogen and oxygen atoms in total. The van der Waals surface area contributed by atoms with E-state index >= 15 is 0 Å². The van der Waals surface area contributed by atoms with Crippen molar-refractivity contribution in [3.63, 3.8) is 0 Å². The van der Waals surface area contributed by atoms with Crippen LogP contribution in [0.15, 0.2) is 104 Å². The van der Waals surface area contributed by atoms with Gasteiger partial charge < -0.3 is 28.4 Å². The zero-order valence-corrected chi connectivity index (χ0v) is 22.2. The zero-order chi connectivity index (χ0) is 27.3. The van der Waals surface area contributed by atoms with Crippen LogP contribution in [-0.4, -0.2) is 49.9 Å². The van der Waals surface area contributed by atoms with Crippen molar-refractivity contribution in [2.75, 3.05) is 13.2 Å². The first kappa shape index (κ1) is 28.7. The number of carbonyl (C=O) groups is 1. The van der Waals surface area contributed by atoms with Gasteiger partial charge in [-0.25, -0.2) is 0 Å².